The molecule has 1 aliphatic rings. The summed E-state index contributed by atoms with van der Waals surface area (Å²) >= 11 is 0. The van der Waals surface area contributed by atoms with Crippen molar-refractivity contribution in [2.45, 2.75) is 11.8 Å². The smallest absolute Gasteiger partial charge is 0.269 e. The number of hydrogen-bond acceptors (Lipinski definition) is 5. The minimum atomic E-state index is -3.79. The highest BCUT2D eigenvalue weighted by molar-refractivity contribution is 7.89. The van der Waals surface area contributed by atoms with E-state index in [1.807, 2.05) is 6.92 Å². The fourth-order valence-corrected chi connectivity index (χ4v) is 3.22. The Morgan fingerprint density at radius 2 is 1.56 bits per heavy atom. The number of rotatable bonds is 5. The Morgan fingerprint density at radius 3 is 2.12 bits per heavy atom. The van der Waals surface area contributed by atoms with Gasteiger partial charge < -0.3 is 0 Å². The lowest BCUT2D eigenvalue weighted by molar-refractivity contribution is 0.0679. The molecule has 25 heavy (non-hydrogen) atoms. The van der Waals surface area contributed by atoms with E-state index in [2.05, 4.69) is 9.93 Å². The molecule has 1 N–H and O–H groups in total. The molecule has 0 radical (unpaired) electrons. The van der Waals surface area contributed by atoms with Gasteiger partial charge in [0.2, 0.25) is 0 Å². The number of sulfonamides is 1. The Kier molecular flexibility index (Phi) is 4.37. The number of fused-ring (bicyclic) bond motifs is 1. The van der Waals surface area contributed by atoms with Crippen LogP contribution < -0.4 is 4.83 Å². The summed E-state index contributed by atoms with van der Waals surface area (Å²) < 4.78 is 24.1. The van der Waals surface area contributed by atoms with E-state index in [4.69, 9.17) is 0 Å². The molecule has 0 spiro atoms. The number of nitrogens with zero attached hydrogens (tertiary/aromatic N) is 2. The minimum Gasteiger partial charge on any atom is -0.269 e. The van der Waals surface area contributed by atoms with Crippen molar-refractivity contribution >= 4 is 28.1 Å². The molecule has 0 saturated carbocycles. The second kappa shape index (κ2) is 6.48. The van der Waals surface area contributed by atoms with Crippen molar-refractivity contribution in [3.05, 3.63) is 65.2 Å². The highest BCUT2D eigenvalue weighted by atomic mass is 32.2. The summed E-state index contributed by atoms with van der Waals surface area (Å²) in [7, 11) is -3.79. The van der Waals surface area contributed by atoms with Gasteiger partial charge in [0, 0.05) is 6.21 Å². The van der Waals surface area contributed by atoms with Crippen molar-refractivity contribution in [3.63, 3.8) is 0 Å². The van der Waals surface area contributed by atoms with E-state index in [-0.39, 0.29) is 11.4 Å². The maximum absolute atomic E-state index is 12.2. The first-order valence-corrected chi connectivity index (χ1v) is 8.94. The highest BCUT2D eigenvalue weighted by Gasteiger charge is 2.34. The number of imide groups is 1. The standard InChI is InChI=1S/C17H15N3O4S/c1-12-6-8-13(9-7-12)25(23,24)19-18-10-11-20-16(21)14-4-2-3-5-15(14)17(20)22/h2-10,19H,11H2,1H3/b18-10-. The molecule has 0 saturated heterocycles. The third-order valence-corrected chi connectivity index (χ3v) is 4.98. The van der Waals surface area contributed by atoms with Crippen molar-refractivity contribution in [1.29, 1.82) is 0 Å². The molecule has 128 valence electrons. The molecule has 1 aliphatic heterocycles. The van der Waals surface area contributed by atoms with Gasteiger partial charge in [-0.05, 0) is 31.2 Å². The van der Waals surface area contributed by atoms with Crippen molar-refractivity contribution in [1.82, 2.24) is 9.73 Å². The molecule has 8 heteroatoms. The first-order valence-electron chi connectivity index (χ1n) is 7.45. The Bertz CT molecular complexity index is 931. The topological polar surface area (TPSA) is 95.9 Å². The maximum Gasteiger partial charge on any atom is 0.276 e. The number of carbonyl (C=O) groups excluding carboxylic acids is 2. The van der Waals surface area contributed by atoms with Gasteiger partial charge in [-0.1, -0.05) is 29.8 Å². The summed E-state index contributed by atoms with van der Waals surface area (Å²) in [6.45, 7) is 1.73. The molecule has 0 bridgehead atoms. The van der Waals surface area contributed by atoms with Gasteiger partial charge in [-0.2, -0.15) is 13.5 Å². The van der Waals surface area contributed by atoms with Crippen LogP contribution in [0.15, 0.2) is 58.5 Å². The average Bonchev–Trinajstić information content (AvgIpc) is 2.84. The number of amides is 2. The Balaban J connectivity index is 1.66. The predicted molar refractivity (Wildman–Crippen MR) is 91.8 cm³/mol. The molecule has 3 rings (SSSR count). The zero-order valence-electron chi connectivity index (χ0n) is 13.3. The van der Waals surface area contributed by atoms with Crippen LogP contribution in [-0.4, -0.2) is 37.9 Å². The molecule has 0 aromatic heterocycles. The van der Waals surface area contributed by atoms with E-state index in [1.165, 1.54) is 18.3 Å². The van der Waals surface area contributed by atoms with Crippen molar-refractivity contribution in [2.24, 2.45) is 5.10 Å². The van der Waals surface area contributed by atoms with Crippen LogP contribution in [0, 0.1) is 6.92 Å². The highest BCUT2D eigenvalue weighted by Crippen LogP contribution is 2.21. The lowest BCUT2D eigenvalue weighted by Gasteiger charge is -2.10. The SMILES string of the molecule is Cc1ccc(S(=O)(=O)N/N=C\CN2C(=O)c3ccccc3C2=O)cc1. The van der Waals surface area contributed by atoms with Crippen LogP contribution >= 0.6 is 0 Å². The van der Waals surface area contributed by atoms with Crippen LogP contribution in [0.3, 0.4) is 0 Å². The fourth-order valence-electron chi connectivity index (χ4n) is 2.40. The van der Waals surface area contributed by atoms with Gasteiger partial charge >= 0.3 is 0 Å². The van der Waals surface area contributed by atoms with Crippen LogP contribution in [0.5, 0.6) is 0 Å². The maximum atomic E-state index is 12.2. The summed E-state index contributed by atoms with van der Waals surface area (Å²) in [4.78, 5) is 27.5. The third kappa shape index (κ3) is 3.29. The molecule has 7 nitrogen and oxygen atoms in total. The van der Waals surface area contributed by atoms with Crippen molar-refractivity contribution in [3.8, 4) is 0 Å². The van der Waals surface area contributed by atoms with Gasteiger partial charge in [0.1, 0.15) is 0 Å². The fraction of sp³-hybridized carbons (Fsp3) is 0.118. The van der Waals surface area contributed by atoms with Crippen molar-refractivity contribution in [2.75, 3.05) is 6.54 Å². The van der Waals surface area contributed by atoms with Crippen LogP contribution in [-0.2, 0) is 10.0 Å². The van der Waals surface area contributed by atoms with E-state index in [0.717, 1.165) is 10.5 Å². The zero-order valence-corrected chi connectivity index (χ0v) is 14.2. The number of benzene rings is 2. The Morgan fingerprint density at radius 1 is 1.00 bits per heavy atom. The second-order valence-electron chi connectivity index (χ2n) is 5.49. The summed E-state index contributed by atoms with van der Waals surface area (Å²) in [5, 5.41) is 3.63. The van der Waals surface area contributed by atoms with Crippen LogP contribution in [0.4, 0.5) is 0 Å². The van der Waals surface area contributed by atoms with Crippen LogP contribution in [0.2, 0.25) is 0 Å². The number of hydrogen-bond donors (Lipinski definition) is 1. The van der Waals surface area contributed by atoms with Gasteiger partial charge in [0.05, 0.1) is 22.6 Å². The summed E-state index contributed by atoms with van der Waals surface area (Å²) in [6.07, 6.45) is 1.17. The normalized spacial score (nSPS) is 14.2. The summed E-state index contributed by atoms with van der Waals surface area (Å²) in [6, 6.07) is 12.8. The molecular formula is C17H15N3O4S. The third-order valence-electron chi connectivity index (χ3n) is 3.74. The number of carbonyl (C=O) groups is 2. The summed E-state index contributed by atoms with van der Waals surface area (Å²) in [5.74, 6) is -0.845. The monoisotopic (exact) mass is 357 g/mol. The average molecular weight is 357 g/mol. The first-order chi connectivity index (χ1) is 11.9. The summed E-state index contributed by atoms with van der Waals surface area (Å²) in [5.41, 5.74) is 1.61. The van der Waals surface area contributed by atoms with E-state index in [1.54, 1.807) is 36.4 Å². The molecule has 2 aromatic rings. The lowest BCUT2D eigenvalue weighted by Crippen LogP contribution is -2.32. The first kappa shape index (κ1) is 16.8. The van der Waals surface area contributed by atoms with E-state index in [9.17, 15) is 18.0 Å². The van der Waals surface area contributed by atoms with E-state index >= 15 is 0 Å². The number of nitrogens with one attached hydrogen (secondary N) is 1. The molecule has 2 aromatic carbocycles. The van der Waals surface area contributed by atoms with Crippen LogP contribution in [0.1, 0.15) is 26.3 Å². The molecule has 0 fully saturated rings. The predicted octanol–water partition coefficient (Wildman–Crippen LogP) is 1.56. The van der Waals surface area contributed by atoms with Crippen LogP contribution in [0.25, 0.3) is 0 Å². The molecule has 1 heterocycles. The van der Waals surface area contributed by atoms with Gasteiger partial charge in [0.15, 0.2) is 0 Å². The second-order valence-corrected chi connectivity index (χ2v) is 7.15. The zero-order chi connectivity index (χ0) is 18.0. The molecule has 2 amide bonds. The van der Waals surface area contributed by atoms with Gasteiger partial charge in [0.25, 0.3) is 21.8 Å². The number of aryl methyl sites for hydroxylation is 1. The molecule has 0 unspecified atom stereocenters. The minimum absolute atomic E-state index is 0.0796. The Labute approximate surface area is 145 Å². The van der Waals surface area contributed by atoms with Gasteiger partial charge in [-0.3, -0.25) is 14.5 Å². The lowest BCUT2D eigenvalue weighted by atomic mass is 10.1. The molecule has 0 aliphatic carbocycles. The Hall–Kier alpha value is -3.00. The van der Waals surface area contributed by atoms with Crippen molar-refractivity contribution < 1.29 is 18.0 Å². The number of hydrazone groups is 1. The molecule has 0 atom stereocenters. The largest absolute Gasteiger partial charge is 0.276 e. The van der Waals surface area contributed by atoms with E-state index in [0.29, 0.717) is 11.1 Å². The van der Waals surface area contributed by atoms with Gasteiger partial charge in [-0.25, -0.2) is 4.83 Å². The van der Waals surface area contributed by atoms with E-state index < -0.39 is 21.8 Å². The quantitative estimate of drug-likeness (QED) is 0.499. The van der Waals surface area contributed by atoms with Gasteiger partial charge in [-0.15, -0.1) is 0 Å². The molecular weight excluding hydrogens is 342 g/mol.